The molecule has 6 heteroatoms. The standard InChI is InChI=1S/C24H33ClN4O/c1-28(2)23-12-15-29(17-20-4-3-13-26-16-20)18-21(23)7-10-24(30)27-14-11-19-5-8-22(25)9-6-19/h3-6,8-9,13,16,21,23H,7,10-12,14-15,17-18H2,1-2H3,(H,27,30)/t21-,23+/m0/s1. The lowest BCUT2D eigenvalue weighted by atomic mass is 9.87. The molecule has 2 aromatic rings. The van der Waals surface area contributed by atoms with Crippen molar-refractivity contribution in [3.63, 3.8) is 0 Å². The number of halogens is 1. The lowest BCUT2D eigenvalue weighted by Crippen LogP contribution is -2.48. The predicted octanol–water partition coefficient (Wildman–Crippen LogP) is 3.63. The van der Waals surface area contributed by atoms with E-state index in [1.807, 2.05) is 42.7 Å². The van der Waals surface area contributed by atoms with E-state index < -0.39 is 0 Å². The van der Waals surface area contributed by atoms with Crippen LogP contribution in [-0.4, -0.2) is 60.5 Å². The molecule has 1 aliphatic heterocycles. The Morgan fingerprint density at radius 2 is 2.03 bits per heavy atom. The average molecular weight is 429 g/mol. The van der Waals surface area contributed by atoms with Crippen molar-refractivity contribution in [1.82, 2.24) is 20.1 Å². The van der Waals surface area contributed by atoms with Crippen LogP contribution in [0, 0.1) is 5.92 Å². The van der Waals surface area contributed by atoms with E-state index in [-0.39, 0.29) is 5.91 Å². The number of piperidine rings is 1. The molecule has 0 radical (unpaired) electrons. The normalized spacial score (nSPS) is 19.7. The number of carbonyl (C=O) groups excluding carboxylic acids is 1. The molecule has 162 valence electrons. The zero-order valence-corrected chi connectivity index (χ0v) is 18.8. The molecule has 1 aliphatic rings. The van der Waals surface area contributed by atoms with Gasteiger partial charge in [0.25, 0.3) is 0 Å². The Hall–Kier alpha value is -1.95. The van der Waals surface area contributed by atoms with Gasteiger partial charge >= 0.3 is 0 Å². The van der Waals surface area contributed by atoms with E-state index in [9.17, 15) is 4.79 Å². The number of likely N-dealkylation sites (tertiary alicyclic amines) is 1. The van der Waals surface area contributed by atoms with Gasteiger partial charge in [0.15, 0.2) is 0 Å². The minimum atomic E-state index is 0.144. The minimum Gasteiger partial charge on any atom is -0.356 e. The van der Waals surface area contributed by atoms with E-state index in [2.05, 4.69) is 40.3 Å². The van der Waals surface area contributed by atoms with Crippen molar-refractivity contribution in [2.45, 2.75) is 38.3 Å². The van der Waals surface area contributed by atoms with Gasteiger partial charge in [-0.1, -0.05) is 29.8 Å². The van der Waals surface area contributed by atoms with Crippen molar-refractivity contribution < 1.29 is 4.79 Å². The molecule has 0 bridgehead atoms. The number of hydrogen-bond donors (Lipinski definition) is 1. The second kappa shape index (κ2) is 11.4. The fraction of sp³-hybridized carbons (Fsp3) is 0.500. The molecule has 1 fully saturated rings. The van der Waals surface area contributed by atoms with Crippen LogP contribution in [-0.2, 0) is 17.8 Å². The van der Waals surface area contributed by atoms with Gasteiger partial charge in [-0.25, -0.2) is 0 Å². The molecule has 1 aromatic heterocycles. The number of pyridine rings is 1. The molecule has 2 heterocycles. The zero-order valence-electron chi connectivity index (χ0n) is 18.1. The van der Waals surface area contributed by atoms with Crippen LogP contribution in [0.4, 0.5) is 0 Å². The summed E-state index contributed by atoms with van der Waals surface area (Å²) >= 11 is 5.92. The lowest BCUT2D eigenvalue weighted by molar-refractivity contribution is -0.121. The first-order valence-electron chi connectivity index (χ1n) is 10.8. The molecule has 5 nitrogen and oxygen atoms in total. The molecule has 0 spiro atoms. The Morgan fingerprint density at radius 3 is 2.73 bits per heavy atom. The monoisotopic (exact) mass is 428 g/mol. The summed E-state index contributed by atoms with van der Waals surface area (Å²) in [5.41, 5.74) is 2.44. The first kappa shape index (κ1) is 22.7. The number of amides is 1. The number of aromatic nitrogens is 1. The van der Waals surface area contributed by atoms with Crippen LogP contribution in [0.25, 0.3) is 0 Å². The summed E-state index contributed by atoms with van der Waals surface area (Å²) in [5, 5.41) is 3.81. The average Bonchev–Trinajstić information content (AvgIpc) is 2.74. The molecular formula is C24H33ClN4O. The molecular weight excluding hydrogens is 396 g/mol. The summed E-state index contributed by atoms with van der Waals surface area (Å²) in [7, 11) is 4.31. The first-order chi connectivity index (χ1) is 14.5. The molecule has 1 N–H and O–H groups in total. The van der Waals surface area contributed by atoms with Crippen LogP contribution in [0.15, 0.2) is 48.8 Å². The number of benzene rings is 1. The summed E-state index contributed by atoms with van der Waals surface area (Å²) in [5.74, 6) is 0.637. The molecule has 1 saturated heterocycles. The molecule has 3 rings (SSSR count). The molecule has 0 saturated carbocycles. The van der Waals surface area contributed by atoms with E-state index in [0.29, 0.717) is 24.9 Å². The lowest BCUT2D eigenvalue weighted by Gasteiger charge is -2.41. The Kier molecular flexibility index (Phi) is 8.67. The number of carbonyl (C=O) groups is 1. The fourth-order valence-corrected chi connectivity index (χ4v) is 4.48. The number of nitrogens with one attached hydrogen (secondary N) is 1. The van der Waals surface area contributed by atoms with Gasteiger partial charge < -0.3 is 10.2 Å². The van der Waals surface area contributed by atoms with Gasteiger partial charge in [0.05, 0.1) is 0 Å². The van der Waals surface area contributed by atoms with Crippen molar-refractivity contribution in [2.24, 2.45) is 5.92 Å². The topological polar surface area (TPSA) is 48.5 Å². The molecule has 2 atom stereocenters. The summed E-state index contributed by atoms with van der Waals surface area (Å²) in [6.45, 7) is 3.70. The van der Waals surface area contributed by atoms with Crippen LogP contribution in [0.3, 0.4) is 0 Å². The maximum Gasteiger partial charge on any atom is 0.220 e. The van der Waals surface area contributed by atoms with E-state index in [0.717, 1.165) is 43.9 Å². The summed E-state index contributed by atoms with van der Waals surface area (Å²) in [6.07, 6.45) is 7.22. The van der Waals surface area contributed by atoms with Gasteiger partial charge in [-0.3, -0.25) is 14.7 Å². The maximum atomic E-state index is 12.4. The summed E-state index contributed by atoms with van der Waals surface area (Å²) < 4.78 is 0. The Bertz CT molecular complexity index is 782. The van der Waals surface area contributed by atoms with Crippen molar-refractivity contribution in [2.75, 3.05) is 33.7 Å². The van der Waals surface area contributed by atoms with Gasteiger partial charge in [0, 0.05) is 49.5 Å². The van der Waals surface area contributed by atoms with E-state index in [4.69, 9.17) is 11.6 Å². The van der Waals surface area contributed by atoms with E-state index in [1.165, 1.54) is 11.1 Å². The second-order valence-electron chi connectivity index (χ2n) is 8.44. The van der Waals surface area contributed by atoms with E-state index in [1.54, 1.807) is 0 Å². The van der Waals surface area contributed by atoms with Gasteiger partial charge in [0.2, 0.25) is 5.91 Å². The van der Waals surface area contributed by atoms with Crippen LogP contribution in [0.1, 0.15) is 30.4 Å². The van der Waals surface area contributed by atoms with Crippen LogP contribution >= 0.6 is 11.6 Å². The number of rotatable bonds is 9. The van der Waals surface area contributed by atoms with Crippen molar-refractivity contribution >= 4 is 17.5 Å². The molecule has 0 unspecified atom stereocenters. The Morgan fingerprint density at radius 1 is 1.23 bits per heavy atom. The highest BCUT2D eigenvalue weighted by Crippen LogP contribution is 2.26. The molecule has 1 amide bonds. The van der Waals surface area contributed by atoms with Crippen LogP contribution in [0.5, 0.6) is 0 Å². The maximum absolute atomic E-state index is 12.4. The van der Waals surface area contributed by atoms with Crippen LogP contribution in [0.2, 0.25) is 5.02 Å². The van der Waals surface area contributed by atoms with Crippen LogP contribution < -0.4 is 5.32 Å². The highest BCUT2D eigenvalue weighted by Gasteiger charge is 2.30. The summed E-state index contributed by atoms with van der Waals surface area (Å²) in [4.78, 5) is 21.5. The zero-order chi connectivity index (χ0) is 21.3. The number of nitrogens with zero attached hydrogens (tertiary/aromatic N) is 3. The van der Waals surface area contributed by atoms with Gasteiger partial charge in [0.1, 0.15) is 0 Å². The SMILES string of the molecule is CN(C)[C@@H]1CCN(Cc2cccnc2)C[C@@H]1CCC(=O)NCCc1ccc(Cl)cc1. The Labute approximate surface area is 185 Å². The fourth-order valence-electron chi connectivity index (χ4n) is 4.35. The third-order valence-electron chi connectivity index (χ3n) is 5.96. The van der Waals surface area contributed by atoms with Crippen molar-refractivity contribution in [3.05, 3.63) is 64.9 Å². The largest absolute Gasteiger partial charge is 0.356 e. The molecule has 0 aliphatic carbocycles. The smallest absolute Gasteiger partial charge is 0.220 e. The minimum absolute atomic E-state index is 0.144. The van der Waals surface area contributed by atoms with Crippen molar-refractivity contribution in [3.8, 4) is 0 Å². The van der Waals surface area contributed by atoms with Gasteiger partial charge in [-0.2, -0.15) is 0 Å². The first-order valence-corrected chi connectivity index (χ1v) is 11.2. The predicted molar refractivity (Wildman–Crippen MR) is 122 cm³/mol. The third-order valence-corrected chi connectivity index (χ3v) is 6.21. The van der Waals surface area contributed by atoms with Gasteiger partial charge in [-0.15, -0.1) is 0 Å². The van der Waals surface area contributed by atoms with E-state index >= 15 is 0 Å². The highest BCUT2D eigenvalue weighted by molar-refractivity contribution is 6.30. The highest BCUT2D eigenvalue weighted by atomic mass is 35.5. The summed E-state index contributed by atoms with van der Waals surface area (Å²) in [6, 6.07) is 12.4. The second-order valence-corrected chi connectivity index (χ2v) is 8.88. The van der Waals surface area contributed by atoms with Crippen molar-refractivity contribution in [1.29, 1.82) is 0 Å². The molecule has 1 aromatic carbocycles. The number of hydrogen-bond acceptors (Lipinski definition) is 4. The molecule has 30 heavy (non-hydrogen) atoms. The quantitative estimate of drug-likeness (QED) is 0.662. The Balaban J connectivity index is 1.45. The third kappa shape index (κ3) is 7.08. The van der Waals surface area contributed by atoms with Gasteiger partial charge in [-0.05, 0) is 75.1 Å².